The van der Waals surface area contributed by atoms with Crippen LogP contribution in [0.1, 0.15) is 57.4 Å². The van der Waals surface area contributed by atoms with E-state index in [-0.39, 0.29) is 11.1 Å². The van der Waals surface area contributed by atoms with Crippen LogP contribution in [0.3, 0.4) is 0 Å². The van der Waals surface area contributed by atoms with E-state index >= 15 is 0 Å². The molecular weight excluding hydrogens is 370 g/mol. The minimum absolute atomic E-state index is 0.149. The third-order valence-corrected chi connectivity index (χ3v) is 5.78. The zero-order chi connectivity index (χ0) is 21.9. The van der Waals surface area contributed by atoms with Crippen molar-refractivity contribution in [2.24, 2.45) is 5.92 Å². The SMILES string of the molecule is CN/C=C(\C=N)c1ccc(-c2ccc(CC3CC(C)(C)NC(C)(C)C3)nn2)c(C)c1. The second kappa shape index (κ2) is 8.68. The molecule has 0 aliphatic carbocycles. The summed E-state index contributed by atoms with van der Waals surface area (Å²) in [6.45, 7) is 11.2. The van der Waals surface area contributed by atoms with Crippen LogP contribution in [-0.2, 0) is 6.42 Å². The second-order valence-corrected chi connectivity index (χ2v) is 9.84. The molecule has 1 saturated heterocycles. The Morgan fingerprint density at radius 3 is 2.37 bits per heavy atom. The molecule has 1 fully saturated rings. The van der Waals surface area contributed by atoms with Crippen molar-refractivity contribution in [3.05, 3.63) is 53.4 Å². The summed E-state index contributed by atoms with van der Waals surface area (Å²) in [6, 6.07) is 10.4. The van der Waals surface area contributed by atoms with Crippen molar-refractivity contribution in [3.63, 3.8) is 0 Å². The van der Waals surface area contributed by atoms with Gasteiger partial charge in [0.05, 0.1) is 11.4 Å². The first-order valence-corrected chi connectivity index (χ1v) is 10.7. The van der Waals surface area contributed by atoms with Gasteiger partial charge in [-0.05, 0) is 83.1 Å². The summed E-state index contributed by atoms with van der Waals surface area (Å²) >= 11 is 0. The highest BCUT2D eigenvalue weighted by Crippen LogP contribution is 2.34. The van der Waals surface area contributed by atoms with Crippen molar-refractivity contribution in [3.8, 4) is 11.3 Å². The molecule has 1 aliphatic heterocycles. The lowest BCUT2D eigenvalue weighted by molar-refractivity contribution is 0.128. The molecule has 30 heavy (non-hydrogen) atoms. The standard InChI is InChI=1S/C25H35N5/c1-17-11-19(20(15-26)16-27-6)7-9-22(17)23-10-8-21(28-29-23)12-18-13-24(2,3)30-25(4,5)14-18/h7-11,15-16,18,26-27,30H,12-14H2,1-6H3/b20-16+,26-15?. The molecular formula is C25H35N5. The van der Waals surface area contributed by atoms with Gasteiger partial charge in [-0.3, -0.25) is 0 Å². The first kappa shape index (κ1) is 22.2. The molecule has 1 aromatic heterocycles. The number of hydrogen-bond acceptors (Lipinski definition) is 5. The summed E-state index contributed by atoms with van der Waals surface area (Å²) in [7, 11) is 1.84. The number of aromatic nitrogens is 2. The third-order valence-electron chi connectivity index (χ3n) is 5.78. The number of benzene rings is 1. The number of nitrogens with zero attached hydrogens (tertiary/aromatic N) is 2. The molecule has 1 aliphatic rings. The molecule has 0 bridgehead atoms. The maximum absolute atomic E-state index is 7.61. The normalized spacial score (nSPS) is 18.8. The van der Waals surface area contributed by atoms with Crippen molar-refractivity contribution in [2.75, 3.05) is 7.05 Å². The fourth-order valence-electron chi connectivity index (χ4n) is 5.08. The van der Waals surface area contributed by atoms with Crippen LogP contribution in [0, 0.1) is 18.3 Å². The van der Waals surface area contributed by atoms with Gasteiger partial charge in [0.1, 0.15) is 0 Å². The van der Waals surface area contributed by atoms with Gasteiger partial charge in [-0.15, -0.1) is 0 Å². The Hall–Kier alpha value is -2.53. The zero-order valence-corrected chi connectivity index (χ0v) is 19.1. The van der Waals surface area contributed by atoms with Gasteiger partial charge in [-0.2, -0.15) is 10.2 Å². The molecule has 2 heterocycles. The molecule has 5 heteroatoms. The molecule has 1 aromatic carbocycles. The van der Waals surface area contributed by atoms with Crippen LogP contribution in [0.2, 0.25) is 0 Å². The topological polar surface area (TPSA) is 73.7 Å². The first-order chi connectivity index (χ1) is 14.1. The molecule has 160 valence electrons. The minimum Gasteiger partial charge on any atom is -0.393 e. The molecule has 0 spiro atoms. The highest BCUT2D eigenvalue weighted by Gasteiger charge is 2.37. The van der Waals surface area contributed by atoms with E-state index in [9.17, 15) is 0 Å². The van der Waals surface area contributed by atoms with E-state index in [0.29, 0.717) is 5.92 Å². The molecule has 3 N–H and O–H groups in total. The Balaban J connectivity index is 1.76. The zero-order valence-electron chi connectivity index (χ0n) is 19.1. The lowest BCUT2D eigenvalue weighted by atomic mass is 9.74. The summed E-state index contributed by atoms with van der Waals surface area (Å²) in [5.41, 5.74) is 6.32. The van der Waals surface area contributed by atoms with Gasteiger partial charge in [0.15, 0.2) is 0 Å². The predicted octanol–water partition coefficient (Wildman–Crippen LogP) is 4.76. The first-order valence-electron chi connectivity index (χ1n) is 10.7. The van der Waals surface area contributed by atoms with Gasteiger partial charge < -0.3 is 16.0 Å². The summed E-state index contributed by atoms with van der Waals surface area (Å²) < 4.78 is 0. The minimum atomic E-state index is 0.149. The van der Waals surface area contributed by atoms with Crippen molar-refractivity contribution in [2.45, 2.75) is 65.0 Å². The highest BCUT2D eigenvalue weighted by molar-refractivity contribution is 6.08. The number of hydrogen-bond donors (Lipinski definition) is 3. The Morgan fingerprint density at radius 1 is 1.13 bits per heavy atom. The van der Waals surface area contributed by atoms with E-state index in [2.05, 4.69) is 79.7 Å². The molecule has 0 atom stereocenters. The van der Waals surface area contributed by atoms with Crippen LogP contribution in [0.4, 0.5) is 0 Å². The Bertz CT molecular complexity index is 909. The lowest BCUT2D eigenvalue weighted by Crippen LogP contribution is -2.58. The van der Waals surface area contributed by atoms with Crippen LogP contribution >= 0.6 is 0 Å². The van der Waals surface area contributed by atoms with E-state index in [0.717, 1.165) is 52.9 Å². The van der Waals surface area contributed by atoms with Gasteiger partial charge in [0, 0.05) is 41.7 Å². The van der Waals surface area contributed by atoms with E-state index in [1.54, 1.807) is 0 Å². The van der Waals surface area contributed by atoms with Crippen LogP contribution in [0.25, 0.3) is 16.8 Å². The van der Waals surface area contributed by atoms with Gasteiger partial charge in [-0.1, -0.05) is 18.2 Å². The average molecular weight is 406 g/mol. The lowest BCUT2D eigenvalue weighted by Gasteiger charge is -2.46. The van der Waals surface area contributed by atoms with Crippen LogP contribution in [-0.4, -0.2) is 34.5 Å². The fraction of sp³-hybridized carbons (Fsp3) is 0.480. The maximum atomic E-state index is 7.61. The summed E-state index contributed by atoms with van der Waals surface area (Å²) in [4.78, 5) is 0. The maximum Gasteiger partial charge on any atom is 0.0932 e. The van der Waals surface area contributed by atoms with E-state index in [1.165, 1.54) is 6.21 Å². The van der Waals surface area contributed by atoms with Gasteiger partial charge in [0.2, 0.25) is 0 Å². The Morgan fingerprint density at radius 2 is 1.83 bits per heavy atom. The quantitative estimate of drug-likeness (QED) is 0.606. The van der Waals surface area contributed by atoms with Crippen LogP contribution < -0.4 is 10.6 Å². The smallest absolute Gasteiger partial charge is 0.0932 e. The third kappa shape index (κ3) is 5.33. The summed E-state index contributed by atoms with van der Waals surface area (Å²) in [6.07, 6.45) is 6.46. The summed E-state index contributed by atoms with van der Waals surface area (Å²) in [5, 5.41) is 23.5. The monoisotopic (exact) mass is 405 g/mol. The summed E-state index contributed by atoms with van der Waals surface area (Å²) in [5.74, 6) is 0.607. The Kier molecular flexibility index (Phi) is 6.41. The Labute approximate surface area is 180 Å². The number of rotatable bonds is 6. The van der Waals surface area contributed by atoms with E-state index < -0.39 is 0 Å². The van der Waals surface area contributed by atoms with Crippen molar-refractivity contribution >= 4 is 11.8 Å². The number of allylic oxidation sites excluding steroid dienone is 1. The van der Waals surface area contributed by atoms with Gasteiger partial charge in [0.25, 0.3) is 0 Å². The number of nitrogens with one attached hydrogen (secondary N) is 3. The highest BCUT2D eigenvalue weighted by atomic mass is 15.1. The predicted molar refractivity (Wildman–Crippen MR) is 126 cm³/mol. The van der Waals surface area contributed by atoms with Crippen molar-refractivity contribution in [1.82, 2.24) is 20.8 Å². The molecule has 0 amide bonds. The molecule has 5 nitrogen and oxygen atoms in total. The largest absolute Gasteiger partial charge is 0.393 e. The molecule has 0 unspecified atom stereocenters. The van der Waals surface area contributed by atoms with Crippen LogP contribution in [0.15, 0.2) is 36.5 Å². The number of aryl methyl sites for hydroxylation is 1. The number of piperidine rings is 1. The van der Waals surface area contributed by atoms with Crippen LogP contribution in [0.5, 0.6) is 0 Å². The molecule has 0 saturated carbocycles. The van der Waals surface area contributed by atoms with Gasteiger partial charge in [-0.25, -0.2) is 0 Å². The van der Waals surface area contributed by atoms with Gasteiger partial charge >= 0.3 is 0 Å². The molecule has 2 aromatic rings. The molecule has 0 radical (unpaired) electrons. The second-order valence-electron chi connectivity index (χ2n) is 9.84. The fourth-order valence-corrected chi connectivity index (χ4v) is 5.08. The van der Waals surface area contributed by atoms with Crippen molar-refractivity contribution < 1.29 is 0 Å². The van der Waals surface area contributed by atoms with Crippen molar-refractivity contribution in [1.29, 1.82) is 5.41 Å². The van der Waals surface area contributed by atoms with E-state index in [1.807, 2.05) is 19.3 Å². The van der Waals surface area contributed by atoms with E-state index in [4.69, 9.17) is 5.41 Å². The molecule has 3 rings (SSSR count). The average Bonchev–Trinajstić information content (AvgIpc) is 2.64.